The molecule has 1 saturated carbocycles. The lowest BCUT2D eigenvalue weighted by Gasteiger charge is -2.60. The van der Waals surface area contributed by atoms with Gasteiger partial charge < -0.3 is 39.3 Å². The molecule has 1 fully saturated rings. The van der Waals surface area contributed by atoms with Crippen LogP contribution in [0.1, 0.15) is 104 Å². The van der Waals surface area contributed by atoms with E-state index in [9.17, 15) is 19.8 Å². The molecule has 0 spiro atoms. The smallest absolute Gasteiger partial charge is 0.412 e. The quantitative estimate of drug-likeness (QED) is 0.0694. The van der Waals surface area contributed by atoms with Crippen LogP contribution in [0.5, 0.6) is 11.5 Å². The van der Waals surface area contributed by atoms with E-state index in [0.717, 1.165) is 36.8 Å². The van der Waals surface area contributed by atoms with Gasteiger partial charge in [-0.3, -0.25) is 4.90 Å². The molecule has 54 heavy (non-hydrogen) atoms. The number of aliphatic hydroxyl groups is 2. The van der Waals surface area contributed by atoms with Crippen LogP contribution in [-0.2, 0) is 14.3 Å². The highest BCUT2D eigenvalue weighted by molar-refractivity contribution is 6.03. The number of benzene rings is 1. The number of ether oxygens (including phenoxy) is 4. The van der Waals surface area contributed by atoms with E-state index < -0.39 is 35.5 Å². The fourth-order valence-corrected chi connectivity index (χ4v) is 8.12. The topological polar surface area (TPSA) is 148 Å². The second kappa shape index (κ2) is 20.2. The van der Waals surface area contributed by atoms with Crippen LogP contribution in [0.3, 0.4) is 0 Å². The number of oxime groups is 1. The third-order valence-corrected chi connectivity index (χ3v) is 10.2. The second-order valence-corrected chi connectivity index (χ2v) is 15.3. The summed E-state index contributed by atoms with van der Waals surface area (Å²) < 4.78 is 25.7. The van der Waals surface area contributed by atoms with Crippen LogP contribution in [0.4, 0.5) is 9.59 Å². The van der Waals surface area contributed by atoms with Crippen LogP contribution < -0.4 is 14.8 Å². The normalized spacial score (nSPS) is 25.0. The van der Waals surface area contributed by atoms with Crippen LogP contribution in [0, 0.1) is 17.8 Å². The number of hydrogen-bond donors (Lipinski definition) is 3. The summed E-state index contributed by atoms with van der Waals surface area (Å²) in [5, 5.41) is 27.2. The Morgan fingerprint density at radius 3 is 2.48 bits per heavy atom. The van der Waals surface area contributed by atoms with Gasteiger partial charge in [0.05, 0.1) is 24.8 Å². The van der Waals surface area contributed by atoms with Crippen LogP contribution in [0.2, 0.25) is 0 Å². The Kier molecular flexibility index (Phi) is 16.0. The minimum atomic E-state index is -1.40. The minimum Gasteiger partial charge on any atom is -0.459 e. The summed E-state index contributed by atoms with van der Waals surface area (Å²) in [6.45, 7) is 18.7. The SMILES string of the molecule is C=CCCOC(=O)N(CCC)[C@H]1CC(=NOC(C)(C)C)C2=C[C@H](CCCCO)[C@@H](CCCCO)[C@@H]3c4cc(OC(=O)NCC)ccc4O[C@@]1(OCC=C)[C@H]23. The summed E-state index contributed by atoms with van der Waals surface area (Å²) in [5.41, 5.74) is 1.89. The van der Waals surface area contributed by atoms with Gasteiger partial charge in [0, 0.05) is 44.2 Å². The molecule has 12 nitrogen and oxygen atoms in total. The lowest BCUT2D eigenvalue weighted by atomic mass is 9.55. The molecule has 0 radical (unpaired) electrons. The molecule has 0 saturated heterocycles. The van der Waals surface area contributed by atoms with Crippen molar-refractivity contribution in [3.63, 3.8) is 0 Å². The van der Waals surface area contributed by atoms with E-state index in [1.807, 2.05) is 46.8 Å². The number of carbonyl (C=O) groups excluding carboxylic acids is 2. The molecule has 2 amide bonds. The monoisotopic (exact) mass is 753 g/mol. The van der Waals surface area contributed by atoms with Crippen LogP contribution >= 0.6 is 0 Å². The van der Waals surface area contributed by atoms with E-state index in [1.54, 1.807) is 23.1 Å². The number of unbranched alkanes of at least 4 members (excludes halogenated alkanes) is 2. The molecule has 4 rings (SSSR count). The first kappa shape index (κ1) is 42.9. The van der Waals surface area contributed by atoms with Crippen LogP contribution in [0.25, 0.3) is 0 Å². The molecule has 6 atom stereocenters. The fourth-order valence-electron chi connectivity index (χ4n) is 8.12. The molecule has 3 N–H and O–H groups in total. The van der Waals surface area contributed by atoms with Gasteiger partial charge in [-0.1, -0.05) is 43.1 Å². The predicted molar refractivity (Wildman–Crippen MR) is 209 cm³/mol. The van der Waals surface area contributed by atoms with Gasteiger partial charge in [-0.15, -0.1) is 13.2 Å². The van der Waals surface area contributed by atoms with Gasteiger partial charge in [0.25, 0.3) is 0 Å². The number of amides is 2. The Balaban J connectivity index is 2.05. The predicted octanol–water partition coefficient (Wildman–Crippen LogP) is 7.65. The van der Waals surface area contributed by atoms with E-state index in [4.69, 9.17) is 28.9 Å². The maximum atomic E-state index is 14.1. The zero-order chi connectivity index (χ0) is 39.3. The molecule has 1 aromatic carbocycles. The molecule has 1 heterocycles. The number of nitrogens with one attached hydrogen (secondary N) is 1. The maximum Gasteiger partial charge on any atom is 0.412 e. The number of fused-ring (bicyclic) bond motifs is 2. The van der Waals surface area contributed by atoms with Crippen molar-refractivity contribution in [1.82, 2.24) is 10.2 Å². The van der Waals surface area contributed by atoms with Gasteiger partial charge >= 0.3 is 12.2 Å². The third-order valence-electron chi connectivity index (χ3n) is 10.2. The van der Waals surface area contributed by atoms with Gasteiger partial charge in [-0.25, -0.2) is 9.59 Å². The van der Waals surface area contributed by atoms with E-state index in [2.05, 4.69) is 24.6 Å². The van der Waals surface area contributed by atoms with Gasteiger partial charge in [0.2, 0.25) is 5.79 Å². The number of aliphatic hydroxyl groups excluding tert-OH is 2. The lowest BCUT2D eigenvalue weighted by molar-refractivity contribution is -0.255. The highest BCUT2D eigenvalue weighted by atomic mass is 16.7. The number of carbonyl (C=O) groups is 2. The van der Waals surface area contributed by atoms with E-state index in [1.165, 1.54) is 0 Å². The Morgan fingerprint density at radius 1 is 1.09 bits per heavy atom. The fraction of sp³-hybridized carbons (Fsp3) is 0.643. The molecule has 1 aliphatic heterocycles. The van der Waals surface area contributed by atoms with Crippen molar-refractivity contribution in [1.29, 1.82) is 0 Å². The molecule has 0 bridgehead atoms. The van der Waals surface area contributed by atoms with Crippen molar-refractivity contribution in [3.8, 4) is 11.5 Å². The average molecular weight is 754 g/mol. The standard InChI is InChI=1S/C42H63N3O9/c1-8-12-25-50-40(49)45(21-9-2)36-28-34(44-54-41(5,6)7)32-26-29(17-13-15-22-46)31(18-14-16-23-47)37-33-27-30(52-39(48)43-11-4)19-20-35(33)53-42(36,38(32)37)51-24-10-3/h8,10,19-20,26-27,29,31,36-38,46-47H,1,3,9,11-18,21-25,28H2,2,4-7H3,(H,43,48)/t29-,31+,36-,37+,38+,42+/m0/s1. The van der Waals surface area contributed by atoms with Crippen molar-refractivity contribution in [2.24, 2.45) is 22.9 Å². The summed E-state index contributed by atoms with van der Waals surface area (Å²) >= 11 is 0. The van der Waals surface area contributed by atoms with Crippen molar-refractivity contribution >= 4 is 17.9 Å². The van der Waals surface area contributed by atoms with E-state index in [-0.39, 0.29) is 50.6 Å². The molecule has 2 aliphatic carbocycles. The molecule has 0 aromatic heterocycles. The number of hydrogen-bond acceptors (Lipinski definition) is 10. The highest BCUT2D eigenvalue weighted by Crippen LogP contribution is 2.62. The number of nitrogens with zero attached hydrogens (tertiary/aromatic N) is 2. The Labute approximate surface area is 321 Å². The van der Waals surface area contributed by atoms with Crippen molar-refractivity contribution in [2.75, 3.05) is 39.5 Å². The molecule has 0 unspecified atom stereocenters. The van der Waals surface area contributed by atoms with Crippen molar-refractivity contribution in [2.45, 2.75) is 116 Å². The number of rotatable bonds is 20. The first-order valence-electron chi connectivity index (χ1n) is 19.7. The van der Waals surface area contributed by atoms with Gasteiger partial charge in [0.1, 0.15) is 23.1 Å². The molecule has 12 heteroatoms. The molecule has 3 aliphatic rings. The summed E-state index contributed by atoms with van der Waals surface area (Å²) in [6.07, 6.45) is 10.6. The minimum absolute atomic E-state index is 0.0285. The van der Waals surface area contributed by atoms with Gasteiger partial charge in [-0.2, -0.15) is 0 Å². The lowest BCUT2D eigenvalue weighted by Crippen LogP contribution is -2.70. The first-order valence-corrected chi connectivity index (χ1v) is 19.7. The third kappa shape index (κ3) is 10.2. The zero-order valence-electron chi connectivity index (χ0n) is 33.0. The van der Waals surface area contributed by atoms with Gasteiger partial charge in [-0.05, 0) is 102 Å². The van der Waals surface area contributed by atoms with E-state index >= 15 is 0 Å². The molecule has 1 aromatic rings. The summed E-state index contributed by atoms with van der Waals surface area (Å²) in [6, 6.07) is 4.73. The van der Waals surface area contributed by atoms with Gasteiger partial charge in [0.15, 0.2) is 0 Å². The molecular formula is C42H63N3O9. The zero-order valence-corrected chi connectivity index (χ0v) is 33.0. The summed E-state index contributed by atoms with van der Waals surface area (Å²) in [4.78, 5) is 34.6. The highest BCUT2D eigenvalue weighted by Gasteiger charge is 2.65. The summed E-state index contributed by atoms with van der Waals surface area (Å²) in [7, 11) is 0. The average Bonchev–Trinajstić information content (AvgIpc) is 3.13. The van der Waals surface area contributed by atoms with Crippen LogP contribution in [-0.4, -0.2) is 90.0 Å². The summed E-state index contributed by atoms with van der Waals surface area (Å²) in [5.74, 6) is -1.11. The Morgan fingerprint density at radius 2 is 1.83 bits per heavy atom. The van der Waals surface area contributed by atoms with Crippen molar-refractivity contribution < 1.29 is 43.6 Å². The van der Waals surface area contributed by atoms with Crippen LogP contribution in [0.15, 0.2) is 60.3 Å². The first-order chi connectivity index (χ1) is 26.0. The largest absolute Gasteiger partial charge is 0.459 e. The number of allylic oxidation sites excluding steroid dienone is 1. The molecule has 300 valence electrons. The van der Waals surface area contributed by atoms with E-state index in [0.29, 0.717) is 56.0 Å². The maximum absolute atomic E-state index is 14.1. The molecular weight excluding hydrogens is 690 g/mol. The van der Waals surface area contributed by atoms with Crippen molar-refractivity contribution in [3.05, 3.63) is 60.7 Å². The second-order valence-electron chi connectivity index (χ2n) is 15.3. The Bertz CT molecular complexity index is 1490. The Hall–Kier alpha value is -3.87.